The number of H-pyrrole nitrogens is 1. The molecule has 3 N–H and O–H groups in total. The first-order valence-electron chi connectivity index (χ1n) is 9.62. The number of carbonyl (C=O) groups is 2. The molecule has 0 unspecified atom stereocenters. The lowest BCUT2D eigenvalue weighted by Gasteiger charge is -2.37. The van der Waals surface area contributed by atoms with Gasteiger partial charge in [-0.25, -0.2) is 14.5 Å². The maximum atomic E-state index is 12.8. The summed E-state index contributed by atoms with van der Waals surface area (Å²) in [7, 11) is 0. The first-order chi connectivity index (χ1) is 13.8. The average molecular weight is 437 g/mol. The van der Waals surface area contributed by atoms with Gasteiger partial charge in [-0.1, -0.05) is 11.6 Å². The van der Waals surface area contributed by atoms with E-state index in [4.69, 9.17) is 16.3 Å². The third-order valence-corrected chi connectivity index (χ3v) is 4.30. The number of fused-ring (bicyclic) bond motifs is 1. The summed E-state index contributed by atoms with van der Waals surface area (Å²) in [6, 6.07) is 5.58. The van der Waals surface area contributed by atoms with Crippen molar-refractivity contribution in [3.63, 3.8) is 0 Å². The van der Waals surface area contributed by atoms with Gasteiger partial charge in [0, 0.05) is 34.2 Å². The molecule has 1 aromatic heterocycles. The summed E-state index contributed by atoms with van der Waals surface area (Å²) in [5.74, 6) is -0.0814. The molecule has 0 fully saturated rings. The summed E-state index contributed by atoms with van der Waals surface area (Å²) in [4.78, 5) is 32.1. The van der Waals surface area contributed by atoms with Crippen LogP contribution in [0.1, 0.15) is 47.1 Å². The minimum absolute atomic E-state index is 0.0814. The molecule has 8 nitrogen and oxygen atoms in total. The van der Waals surface area contributed by atoms with Crippen molar-refractivity contribution >= 4 is 40.6 Å². The molecule has 164 valence electrons. The van der Waals surface area contributed by atoms with E-state index in [0.717, 1.165) is 16.5 Å². The summed E-state index contributed by atoms with van der Waals surface area (Å²) in [6.45, 7) is 10.9. The lowest BCUT2D eigenvalue weighted by molar-refractivity contribution is 0.0241. The minimum atomic E-state index is -1.41. The van der Waals surface area contributed by atoms with Crippen LogP contribution in [0.3, 0.4) is 0 Å². The highest BCUT2D eigenvalue weighted by molar-refractivity contribution is 6.31. The molecule has 0 atom stereocenters. The highest BCUT2D eigenvalue weighted by atomic mass is 35.5. The molecule has 2 amide bonds. The molecular formula is C21H29ClN4O4. The molecule has 1 aromatic carbocycles. The third-order valence-electron chi connectivity index (χ3n) is 4.07. The van der Waals surface area contributed by atoms with Crippen LogP contribution in [0.15, 0.2) is 29.4 Å². The Morgan fingerprint density at radius 1 is 1.23 bits per heavy atom. The largest absolute Gasteiger partial charge is 0.463 e. The number of rotatable bonds is 3. The van der Waals surface area contributed by atoms with Crippen molar-refractivity contribution in [2.24, 2.45) is 4.99 Å². The lowest BCUT2D eigenvalue weighted by atomic mass is 10.1. The van der Waals surface area contributed by atoms with Crippen LogP contribution >= 0.6 is 11.6 Å². The minimum Gasteiger partial charge on any atom is -0.463 e. The first-order valence-corrected chi connectivity index (χ1v) is 10.00. The van der Waals surface area contributed by atoms with Gasteiger partial charge in [0.2, 0.25) is 5.96 Å². The van der Waals surface area contributed by atoms with E-state index < -0.39 is 23.3 Å². The molecule has 0 aliphatic heterocycles. The Balaban J connectivity index is 2.24. The zero-order valence-electron chi connectivity index (χ0n) is 18.2. The normalized spacial score (nSPS) is 12.7. The molecular weight excluding hydrogens is 408 g/mol. The number of aliphatic imine (C=N–C) groups is 1. The van der Waals surface area contributed by atoms with Crippen LogP contribution < -0.4 is 5.32 Å². The quantitative estimate of drug-likeness (QED) is 0.462. The number of benzene rings is 1. The van der Waals surface area contributed by atoms with Crippen molar-refractivity contribution in [1.82, 2.24) is 15.2 Å². The standard InChI is InChI=1S/C21H29ClN4O4/c1-20(2,3)26(19(29)30-21(4,5)6)17(25-18(27)28)23-10-9-13-12-24-16-8-7-14(22)11-15(13)16/h7-8,11-12,24H,9-10H2,1-6H3,(H,23,25)(H,27,28). The van der Waals surface area contributed by atoms with Crippen molar-refractivity contribution in [3.8, 4) is 0 Å². The predicted octanol–water partition coefficient (Wildman–Crippen LogP) is 5.02. The zero-order valence-corrected chi connectivity index (χ0v) is 18.9. The number of ether oxygens (including phenoxy) is 1. The summed E-state index contributed by atoms with van der Waals surface area (Å²) in [5.41, 5.74) is 0.462. The van der Waals surface area contributed by atoms with Crippen LogP contribution in [-0.2, 0) is 11.2 Å². The number of aromatic nitrogens is 1. The molecule has 0 saturated carbocycles. The van der Waals surface area contributed by atoms with Gasteiger partial charge >= 0.3 is 12.2 Å². The third kappa shape index (κ3) is 6.38. The number of hydrogen-bond donors (Lipinski definition) is 3. The van der Waals surface area contributed by atoms with Crippen LogP contribution in [0.5, 0.6) is 0 Å². The van der Waals surface area contributed by atoms with Gasteiger partial charge in [-0.15, -0.1) is 4.99 Å². The Hall–Kier alpha value is -2.74. The van der Waals surface area contributed by atoms with E-state index in [1.54, 1.807) is 41.5 Å². The fourth-order valence-corrected chi connectivity index (χ4v) is 3.08. The average Bonchev–Trinajstić information content (AvgIpc) is 2.93. The molecule has 1 heterocycles. The molecule has 0 aliphatic rings. The van der Waals surface area contributed by atoms with Gasteiger partial charge in [0.25, 0.3) is 0 Å². The van der Waals surface area contributed by atoms with Gasteiger partial charge in [-0.3, -0.25) is 0 Å². The van der Waals surface area contributed by atoms with E-state index in [1.165, 1.54) is 4.90 Å². The Labute approximate surface area is 181 Å². The molecule has 2 aromatic rings. The number of nitrogens with one attached hydrogen (secondary N) is 2. The molecule has 2 rings (SSSR count). The van der Waals surface area contributed by atoms with E-state index in [2.05, 4.69) is 15.3 Å². The fraction of sp³-hybridized carbons (Fsp3) is 0.476. The van der Waals surface area contributed by atoms with E-state index in [-0.39, 0.29) is 5.96 Å². The zero-order chi connectivity index (χ0) is 22.7. The number of amides is 2. The second-order valence-electron chi connectivity index (χ2n) is 8.89. The highest BCUT2D eigenvalue weighted by Crippen LogP contribution is 2.23. The number of guanidine groups is 1. The van der Waals surface area contributed by atoms with Gasteiger partial charge < -0.3 is 20.1 Å². The number of carbonyl (C=O) groups excluding carboxylic acids is 1. The highest BCUT2D eigenvalue weighted by Gasteiger charge is 2.35. The predicted molar refractivity (Wildman–Crippen MR) is 118 cm³/mol. The van der Waals surface area contributed by atoms with Crippen LogP contribution in [0, 0.1) is 0 Å². The van der Waals surface area contributed by atoms with Crippen molar-refractivity contribution < 1.29 is 19.4 Å². The topological polar surface area (TPSA) is 107 Å². The first kappa shape index (κ1) is 23.5. The summed E-state index contributed by atoms with van der Waals surface area (Å²) in [6.07, 6.45) is 0.354. The number of hydrogen-bond acceptors (Lipinski definition) is 3. The molecule has 9 heteroatoms. The molecule has 30 heavy (non-hydrogen) atoms. The van der Waals surface area contributed by atoms with E-state index >= 15 is 0 Å². The maximum absolute atomic E-state index is 12.8. The summed E-state index contributed by atoms with van der Waals surface area (Å²) < 4.78 is 5.47. The Morgan fingerprint density at radius 2 is 1.90 bits per heavy atom. The van der Waals surface area contributed by atoms with Crippen LogP contribution in [0.25, 0.3) is 10.9 Å². The molecule has 0 radical (unpaired) electrons. The Bertz CT molecular complexity index is 954. The molecule has 0 spiro atoms. The van der Waals surface area contributed by atoms with Gasteiger partial charge in [0.15, 0.2) is 0 Å². The SMILES string of the molecule is CC(C)(C)OC(=O)N(C(=NC(=O)O)NCCc1c[nH]c2ccc(Cl)cc12)C(C)(C)C. The Morgan fingerprint density at radius 3 is 2.47 bits per heavy atom. The van der Waals surface area contributed by atoms with Gasteiger partial charge in [0.05, 0.1) is 0 Å². The summed E-state index contributed by atoms with van der Waals surface area (Å²) >= 11 is 6.10. The van der Waals surface area contributed by atoms with Crippen LogP contribution in [0.2, 0.25) is 5.02 Å². The second kappa shape index (κ2) is 8.95. The number of halogens is 1. The lowest BCUT2D eigenvalue weighted by Crippen LogP contribution is -2.56. The fourth-order valence-electron chi connectivity index (χ4n) is 2.91. The second-order valence-corrected chi connectivity index (χ2v) is 9.32. The van der Waals surface area contributed by atoms with E-state index in [1.807, 2.05) is 24.4 Å². The summed E-state index contributed by atoms with van der Waals surface area (Å²) in [5, 5.41) is 13.9. The molecule has 0 saturated heterocycles. The van der Waals surface area contributed by atoms with Gasteiger partial charge in [-0.2, -0.15) is 0 Å². The van der Waals surface area contributed by atoms with Gasteiger partial charge in [-0.05, 0) is 71.7 Å². The van der Waals surface area contributed by atoms with Crippen molar-refractivity contribution in [3.05, 3.63) is 35.0 Å². The van der Waals surface area contributed by atoms with Gasteiger partial charge in [0.1, 0.15) is 5.60 Å². The Kier molecular flexibility index (Phi) is 7.02. The van der Waals surface area contributed by atoms with Crippen LogP contribution in [0.4, 0.5) is 9.59 Å². The van der Waals surface area contributed by atoms with Crippen molar-refractivity contribution in [2.45, 2.75) is 59.1 Å². The van der Waals surface area contributed by atoms with E-state index in [0.29, 0.717) is 18.0 Å². The van der Waals surface area contributed by atoms with Crippen LogP contribution in [-0.4, -0.2) is 50.8 Å². The number of aromatic amines is 1. The maximum Gasteiger partial charge on any atom is 0.434 e. The molecule has 0 aliphatic carbocycles. The van der Waals surface area contributed by atoms with Crippen molar-refractivity contribution in [1.29, 1.82) is 0 Å². The monoisotopic (exact) mass is 436 g/mol. The number of nitrogens with zero attached hydrogens (tertiary/aromatic N) is 2. The van der Waals surface area contributed by atoms with Crippen molar-refractivity contribution in [2.75, 3.05) is 6.54 Å². The molecule has 0 bridgehead atoms. The smallest absolute Gasteiger partial charge is 0.434 e. The number of carboxylic acid groups (broad SMARTS) is 1. The van der Waals surface area contributed by atoms with E-state index in [9.17, 15) is 14.7 Å².